The number of hydrogen-bond acceptors (Lipinski definition) is 1. The summed E-state index contributed by atoms with van der Waals surface area (Å²) in [7, 11) is 0. The van der Waals surface area contributed by atoms with Crippen LogP contribution in [-0.2, 0) is 6.54 Å². The topological polar surface area (TPSA) is 32.3 Å². The first-order valence-corrected chi connectivity index (χ1v) is 7.97. The maximum Gasteiger partial charge on any atom is 0.321 e. The van der Waals surface area contributed by atoms with Gasteiger partial charge in [0.05, 0.1) is 0 Å². The van der Waals surface area contributed by atoms with Crippen LogP contribution in [0.5, 0.6) is 0 Å². The minimum Gasteiger partial charge on any atom is -0.318 e. The third-order valence-electron chi connectivity index (χ3n) is 3.41. The quantitative estimate of drug-likeness (QED) is 0.829. The highest BCUT2D eigenvalue weighted by molar-refractivity contribution is 6.30. The third kappa shape index (κ3) is 5.46. The number of amides is 2. The van der Waals surface area contributed by atoms with Crippen LogP contribution < -0.4 is 5.32 Å². The number of nitrogens with zero attached hydrogens (tertiary/aromatic N) is 1. The lowest BCUT2D eigenvalue weighted by Gasteiger charge is -2.26. The minimum absolute atomic E-state index is 0.106. The summed E-state index contributed by atoms with van der Waals surface area (Å²) in [5, 5.41) is 3.49. The molecule has 0 fully saturated rings. The summed E-state index contributed by atoms with van der Waals surface area (Å²) >= 11 is 5.94. The lowest BCUT2D eigenvalue weighted by Crippen LogP contribution is -2.41. The van der Waals surface area contributed by atoms with Crippen LogP contribution in [0.3, 0.4) is 0 Å². The Morgan fingerprint density at radius 3 is 2.57 bits per heavy atom. The fourth-order valence-corrected chi connectivity index (χ4v) is 2.37. The van der Waals surface area contributed by atoms with Crippen LogP contribution in [0.15, 0.2) is 60.8 Å². The average molecular weight is 329 g/mol. The van der Waals surface area contributed by atoms with Crippen molar-refractivity contribution in [3.05, 3.63) is 76.9 Å². The first-order valence-electron chi connectivity index (χ1n) is 7.59. The van der Waals surface area contributed by atoms with Gasteiger partial charge in [-0.25, -0.2) is 4.79 Å². The van der Waals surface area contributed by atoms with Crippen molar-refractivity contribution in [1.82, 2.24) is 10.2 Å². The zero-order chi connectivity index (χ0) is 16.7. The Balaban J connectivity index is 1.98. The second-order valence-corrected chi connectivity index (χ2v) is 5.98. The molecule has 3 nitrogen and oxygen atoms in total. The minimum atomic E-state index is -0.123. The zero-order valence-electron chi connectivity index (χ0n) is 13.4. The van der Waals surface area contributed by atoms with E-state index < -0.39 is 0 Å². The molecule has 0 aliphatic carbocycles. The second kappa shape index (κ2) is 8.39. The summed E-state index contributed by atoms with van der Waals surface area (Å²) in [5.74, 6) is 0. The summed E-state index contributed by atoms with van der Waals surface area (Å²) in [6.07, 6.45) is 3.47. The predicted molar refractivity (Wildman–Crippen MR) is 96.1 cm³/mol. The first kappa shape index (κ1) is 17.1. The average Bonchev–Trinajstić information content (AvgIpc) is 2.53. The predicted octanol–water partition coefficient (Wildman–Crippen LogP) is 4.93. The molecular weight excluding hydrogens is 308 g/mol. The molecule has 0 aliphatic heterocycles. The fourth-order valence-electron chi connectivity index (χ4n) is 2.17. The van der Waals surface area contributed by atoms with Gasteiger partial charge in [-0.1, -0.05) is 54.1 Å². The highest BCUT2D eigenvalue weighted by atomic mass is 35.5. The maximum absolute atomic E-state index is 12.4. The van der Waals surface area contributed by atoms with Crippen LogP contribution in [0.1, 0.15) is 25.0 Å². The van der Waals surface area contributed by atoms with Crippen LogP contribution in [0.4, 0.5) is 4.79 Å². The van der Waals surface area contributed by atoms with Gasteiger partial charge in [0.25, 0.3) is 0 Å². The molecule has 1 N–H and O–H groups in total. The molecule has 2 amide bonds. The number of halogens is 1. The Kier molecular flexibility index (Phi) is 6.24. The van der Waals surface area contributed by atoms with Gasteiger partial charge in [0.15, 0.2) is 0 Å². The van der Waals surface area contributed by atoms with E-state index in [-0.39, 0.29) is 12.1 Å². The summed E-state index contributed by atoms with van der Waals surface area (Å²) in [4.78, 5) is 14.2. The van der Waals surface area contributed by atoms with Gasteiger partial charge in [0.2, 0.25) is 0 Å². The number of hydrogen-bond donors (Lipinski definition) is 1. The van der Waals surface area contributed by atoms with Crippen LogP contribution >= 0.6 is 11.6 Å². The maximum atomic E-state index is 12.4. The van der Waals surface area contributed by atoms with Gasteiger partial charge in [-0.3, -0.25) is 0 Å². The highest BCUT2D eigenvalue weighted by Crippen LogP contribution is 2.12. The van der Waals surface area contributed by atoms with Gasteiger partial charge < -0.3 is 10.2 Å². The molecule has 2 rings (SSSR count). The largest absolute Gasteiger partial charge is 0.321 e. The van der Waals surface area contributed by atoms with Gasteiger partial charge in [-0.15, -0.1) is 0 Å². The van der Waals surface area contributed by atoms with Crippen LogP contribution in [0.2, 0.25) is 5.02 Å². The number of rotatable bonds is 5. The molecule has 23 heavy (non-hydrogen) atoms. The standard InChI is InChI=1S/C19H21ClN2O/c1-15(2)22(14-17-7-4-3-5-8-17)19(23)21-12-11-16-9-6-10-18(20)13-16/h3-13,15H,14H2,1-2H3,(H,21,23)/b12-11+. The Bertz CT molecular complexity index is 668. The monoisotopic (exact) mass is 328 g/mol. The van der Waals surface area contributed by atoms with Gasteiger partial charge >= 0.3 is 6.03 Å². The normalized spacial score (nSPS) is 11.0. The van der Waals surface area contributed by atoms with Crippen molar-refractivity contribution >= 4 is 23.7 Å². The Hall–Kier alpha value is -2.26. The molecule has 0 aliphatic rings. The molecule has 120 valence electrons. The van der Waals surface area contributed by atoms with E-state index in [4.69, 9.17) is 11.6 Å². The Morgan fingerprint density at radius 1 is 1.17 bits per heavy atom. The summed E-state index contributed by atoms with van der Waals surface area (Å²) in [6, 6.07) is 17.4. The van der Waals surface area contributed by atoms with E-state index in [1.165, 1.54) is 0 Å². The van der Waals surface area contributed by atoms with Crippen molar-refractivity contribution in [1.29, 1.82) is 0 Å². The molecule has 2 aromatic rings. The summed E-state index contributed by atoms with van der Waals surface area (Å²) in [6.45, 7) is 4.59. The van der Waals surface area contributed by atoms with Gasteiger partial charge in [0, 0.05) is 23.8 Å². The van der Waals surface area contributed by atoms with Crippen molar-refractivity contribution in [2.75, 3.05) is 0 Å². The van der Waals surface area contributed by atoms with Crippen molar-refractivity contribution in [3.8, 4) is 0 Å². The molecular formula is C19H21ClN2O. The van der Waals surface area contributed by atoms with E-state index in [0.717, 1.165) is 11.1 Å². The fraction of sp³-hybridized carbons (Fsp3) is 0.211. The van der Waals surface area contributed by atoms with E-state index in [1.54, 1.807) is 11.1 Å². The molecule has 4 heteroatoms. The molecule has 0 aromatic heterocycles. The second-order valence-electron chi connectivity index (χ2n) is 5.55. The van der Waals surface area contributed by atoms with Gasteiger partial charge in [-0.05, 0) is 43.2 Å². The highest BCUT2D eigenvalue weighted by Gasteiger charge is 2.15. The lowest BCUT2D eigenvalue weighted by atomic mass is 10.2. The molecule has 0 heterocycles. The van der Waals surface area contributed by atoms with Crippen molar-refractivity contribution in [2.45, 2.75) is 26.4 Å². The van der Waals surface area contributed by atoms with Crippen LogP contribution in [-0.4, -0.2) is 17.0 Å². The number of urea groups is 1. The lowest BCUT2D eigenvalue weighted by molar-refractivity contribution is 0.183. The van der Waals surface area contributed by atoms with Crippen LogP contribution in [0, 0.1) is 0 Å². The van der Waals surface area contributed by atoms with Crippen molar-refractivity contribution in [3.63, 3.8) is 0 Å². The molecule has 0 radical (unpaired) electrons. The molecule has 0 atom stereocenters. The first-order chi connectivity index (χ1) is 11.1. The number of benzene rings is 2. The smallest absolute Gasteiger partial charge is 0.318 e. The number of carbonyl (C=O) groups excluding carboxylic acids is 1. The molecule has 2 aromatic carbocycles. The SMILES string of the molecule is CC(C)N(Cc1ccccc1)C(=O)N/C=C/c1cccc(Cl)c1. The molecule has 0 saturated heterocycles. The summed E-state index contributed by atoms with van der Waals surface area (Å²) < 4.78 is 0. The van der Waals surface area contributed by atoms with E-state index in [1.807, 2.05) is 74.5 Å². The zero-order valence-corrected chi connectivity index (χ0v) is 14.1. The van der Waals surface area contributed by atoms with Crippen molar-refractivity contribution in [2.24, 2.45) is 0 Å². The van der Waals surface area contributed by atoms with Gasteiger partial charge in [0.1, 0.15) is 0 Å². The van der Waals surface area contributed by atoms with E-state index in [0.29, 0.717) is 11.6 Å². The third-order valence-corrected chi connectivity index (χ3v) is 3.65. The van der Waals surface area contributed by atoms with Crippen LogP contribution in [0.25, 0.3) is 6.08 Å². The summed E-state index contributed by atoms with van der Waals surface area (Å²) in [5.41, 5.74) is 2.05. The number of nitrogens with one attached hydrogen (secondary N) is 1. The molecule has 0 bridgehead atoms. The Labute approximate surface area is 142 Å². The van der Waals surface area contributed by atoms with E-state index >= 15 is 0 Å². The number of carbonyl (C=O) groups is 1. The van der Waals surface area contributed by atoms with E-state index in [9.17, 15) is 4.79 Å². The molecule has 0 saturated carbocycles. The molecule has 0 unspecified atom stereocenters. The van der Waals surface area contributed by atoms with E-state index in [2.05, 4.69) is 5.32 Å². The molecule has 0 spiro atoms. The Morgan fingerprint density at radius 2 is 1.91 bits per heavy atom. The van der Waals surface area contributed by atoms with Gasteiger partial charge in [-0.2, -0.15) is 0 Å². The van der Waals surface area contributed by atoms with Crippen molar-refractivity contribution < 1.29 is 4.79 Å².